The van der Waals surface area contributed by atoms with Gasteiger partial charge in [-0.25, -0.2) is 26.7 Å². The van der Waals surface area contributed by atoms with Crippen molar-refractivity contribution in [2.45, 2.75) is 55.5 Å². The second-order valence-corrected chi connectivity index (χ2v) is 15.8. The summed E-state index contributed by atoms with van der Waals surface area (Å²) in [5.74, 6) is -1.27. The van der Waals surface area contributed by atoms with Crippen molar-refractivity contribution in [2.24, 2.45) is 5.14 Å². The fourth-order valence-electron chi connectivity index (χ4n) is 7.43. The van der Waals surface area contributed by atoms with Gasteiger partial charge in [0.15, 0.2) is 5.82 Å². The quantitative estimate of drug-likeness (QED) is 0.265. The number of rotatable bonds is 6. The summed E-state index contributed by atoms with van der Waals surface area (Å²) in [7, 11) is -3.90. The Labute approximate surface area is 278 Å². The molecule has 5 heterocycles. The molecule has 7 rings (SSSR count). The Morgan fingerprint density at radius 1 is 1.19 bits per heavy atom. The van der Waals surface area contributed by atoms with E-state index in [1.54, 1.807) is 4.90 Å². The van der Waals surface area contributed by atoms with Gasteiger partial charge in [-0.15, -0.1) is 11.3 Å². The average Bonchev–Trinajstić information content (AvgIpc) is 3.57. The van der Waals surface area contributed by atoms with E-state index in [1.807, 2.05) is 6.07 Å². The number of hydrogen-bond acceptors (Lipinski definition) is 10. The van der Waals surface area contributed by atoms with Gasteiger partial charge in [-0.3, -0.25) is 4.90 Å². The highest BCUT2D eigenvalue weighted by Crippen LogP contribution is 2.46. The zero-order chi connectivity index (χ0) is 33.2. The van der Waals surface area contributed by atoms with Crippen LogP contribution in [0.5, 0.6) is 6.01 Å². The summed E-state index contributed by atoms with van der Waals surface area (Å²) in [6, 6.07) is 5.80. The molecule has 0 saturated carbocycles. The van der Waals surface area contributed by atoms with Gasteiger partial charge in [0.2, 0.25) is 10.0 Å². The number of sulfonamides is 1. The van der Waals surface area contributed by atoms with Gasteiger partial charge in [-0.1, -0.05) is 24.1 Å². The molecule has 2 aromatic carbocycles. The van der Waals surface area contributed by atoms with E-state index in [0.717, 1.165) is 36.8 Å². The molecule has 0 bridgehead atoms. The van der Waals surface area contributed by atoms with Crippen molar-refractivity contribution < 1.29 is 26.3 Å². The first-order valence-electron chi connectivity index (χ1n) is 15.3. The molecule has 3 fully saturated rings. The Morgan fingerprint density at radius 2 is 2.00 bits per heavy atom. The Bertz CT molecular complexity index is 2080. The lowest BCUT2D eigenvalue weighted by molar-refractivity contribution is 0.107. The fourth-order valence-corrected chi connectivity index (χ4v) is 9.56. The molecule has 0 aliphatic carbocycles. The zero-order valence-corrected chi connectivity index (χ0v) is 27.5. The van der Waals surface area contributed by atoms with Crippen molar-refractivity contribution in [2.75, 3.05) is 43.4 Å². The van der Waals surface area contributed by atoms with Crippen molar-refractivity contribution in [3.8, 4) is 23.2 Å². The van der Waals surface area contributed by atoms with Crippen LogP contribution in [0.2, 0.25) is 5.02 Å². The molecule has 1 unspecified atom stereocenters. The number of fused-ring (bicyclic) bond motifs is 3. The number of halogens is 4. The SMILES string of the molecule is N#Cc1c(N)sc2c(F)ccc(-c3c(Cl)cc4c(N5CCCCC(S(N)(=O)=O)C5)nc(OC[C@@]56CCCN5C[C@H](F)C6)nc4c3F)c12. The number of primary sulfonamides is 1. The van der Waals surface area contributed by atoms with Gasteiger partial charge in [-0.05, 0) is 49.9 Å². The lowest BCUT2D eigenvalue weighted by Crippen LogP contribution is -2.43. The minimum atomic E-state index is -3.90. The molecule has 3 saturated heterocycles. The third-order valence-electron chi connectivity index (χ3n) is 9.66. The van der Waals surface area contributed by atoms with Crippen LogP contribution in [0.4, 0.5) is 24.0 Å². The smallest absolute Gasteiger partial charge is 0.319 e. The number of benzene rings is 2. The van der Waals surface area contributed by atoms with Gasteiger partial charge in [0.1, 0.15) is 41.0 Å². The number of ether oxygens (including phenoxy) is 1. The Kier molecular flexibility index (Phi) is 8.15. The van der Waals surface area contributed by atoms with Gasteiger partial charge >= 0.3 is 6.01 Å². The number of hydrogen-bond donors (Lipinski definition) is 2. The van der Waals surface area contributed by atoms with Crippen LogP contribution in [-0.2, 0) is 10.0 Å². The van der Waals surface area contributed by atoms with E-state index < -0.39 is 38.6 Å². The number of alkyl halides is 1. The second kappa shape index (κ2) is 11.9. The van der Waals surface area contributed by atoms with Crippen molar-refractivity contribution >= 4 is 64.8 Å². The summed E-state index contributed by atoms with van der Waals surface area (Å²) in [4.78, 5) is 12.9. The van der Waals surface area contributed by atoms with Gasteiger partial charge < -0.3 is 15.4 Å². The molecule has 16 heteroatoms. The van der Waals surface area contributed by atoms with Crippen LogP contribution >= 0.6 is 22.9 Å². The molecule has 4 N–H and O–H groups in total. The van der Waals surface area contributed by atoms with E-state index in [9.17, 15) is 22.5 Å². The first-order chi connectivity index (χ1) is 22.4. The van der Waals surface area contributed by atoms with E-state index in [2.05, 4.69) is 14.9 Å². The molecular weight excluding hydrogens is 675 g/mol. The number of anilines is 2. The zero-order valence-electron chi connectivity index (χ0n) is 25.1. The van der Waals surface area contributed by atoms with E-state index in [-0.39, 0.29) is 72.7 Å². The van der Waals surface area contributed by atoms with Gasteiger partial charge in [-0.2, -0.15) is 15.2 Å². The number of nitrogens with two attached hydrogens (primary N) is 2. The molecule has 248 valence electrons. The highest BCUT2D eigenvalue weighted by atomic mass is 35.5. The second-order valence-electron chi connectivity index (χ2n) is 12.5. The minimum Gasteiger partial charge on any atom is -0.461 e. The lowest BCUT2D eigenvalue weighted by Gasteiger charge is -2.31. The number of nitrogens with zero attached hydrogens (tertiary/aromatic N) is 5. The van der Waals surface area contributed by atoms with Crippen LogP contribution in [0, 0.1) is 23.0 Å². The largest absolute Gasteiger partial charge is 0.461 e. The molecule has 47 heavy (non-hydrogen) atoms. The van der Waals surface area contributed by atoms with E-state index >= 15 is 4.39 Å². The Hall–Kier alpha value is -3.42. The fraction of sp³-hybridized carbons (Fsp3) is 0.452. The topological polar surface area (TPSA) is 151 Å². The standard InChI is InChI=1S/C31H31ClF3N7O3S2/c32-21-10-19-26(25(35)24(21)18-5-6-22(34)27-23(18)20(12-36)28(37)46-27)39-30(45-15-31-7-3-9-42(31)13-16(33)11-31)40-29(19)41-8-2-1-4-17(14-41)47(38,43)44/h5-6,10,16-17H,1-4,7-9,11,13-15,37H2,(H2,38,43,44)/t16-,17?,31+/m1/s1. The molecule has 0 amide bonds. The van der Waals surface area contributed by atoms with E-state index in [1.165, 1.54) is 12.1 Å². The van der Waals surface area contributed by atoms with Crippen molar-refractivity contribution in [1.29, 1.82) is 5.26 Å². The maximum Gasteiger partial charge on any atom is 0.319 e. The first kappa shape index (κ1) is 32.1. The molecular formula is C31H31ClF3N7O3S2. The molecule has 2 aromatic heterocycles. The van der Waals surface area contributed by atoms with Crippen LogP contribution in [0.15, 0.2) is 18.2 Å². The summed E-state index contributed by atoms with van der Waals surface area (Å²) in [6.07, 6.45) is 2.53. The Balaban J connectivity index is 1.41. The van der Waals surface area contributed by atoms with Gasteiger partial charge in [0.05, 0.1) is 26.1 Å². The summed E-state index contributed by atoms with van der Waals surface area (Å²) in [5.41, 5.74) is 5.37. The van der Waals surface area contributed by atoms with Gasteiger partial charge in [0.25, 0.3) is 0 Å². The number of aromatic nitrogens is 2. The van der Waals surface area contributed by atoms with Crippen molar-refractivity contribution in [1.82, 2.24) is 14.9 Å². The van der Waals surface area contributed by atoms with Crippen LogP contribution in [0.1, 0.15) is 44.1 Å². The first-order valence-corrected chi connectivity index (χ1v) is 18.1. The van der Waals surface area contributed by atoms with E-state index in [4.69, 9.17) is 27.2 Å². The summed E-state index contributed by atoms with van der Waals surface area (Å²) in [5, 5.41) is 14.9. The van der Waals surface area contributed by atoms with Gasteiger partial charge in [0, 0.05) is 42.4 Å². The maximum absolute atomic E-state index is 16.9. The monoisotopic (exact) mass is 705 g/mol. The molecule has 3 atom stereocenters. The number of thiophene rings is 1. The summed E-state index contributed by atoms with van der Waals surface area (Å²) in [6.45, 7) is 1.55. The predicted octanol–water partition coefficient (Wildman–Crippen LogP) is 5.50. The molecule has 3 aliphatic rings. The Morgan fingerprint density at radius 3 is 2.77 bits per heavy atom. The van der Waals surface area contributed by atoms with Crippen molar-refractivity contribution in [3.63, 3.8) is 0 Å². The normalized spacial score (nSPS) is 23.7. The summed E-state index contributed by atoms with van der Waals surface area (Å²) >= 11 is 7.66. The molecule has 10 nitrogen and oxygen atoms in total. The third kappa shape index (κ3) is 5.53. The predicted molar refractivity (Wildman–Crippen MR) is 176 cm³/mol. The van der Waals surface area contributed by atoms with Crippen LogP contribution < -0.4 is 20.5 Å². The third-order valence-corrected chi connectivity index (χ3v) is 12.3. The number of nitriles is 1. The van der Waals surface area contributed by atoms with E-state index in [0.29, 0.717) is 38.8 Å². The minimum absolute atomic E-state index is 0.00386. The maximum atomic E-state index is 16.9. The summed E-state index contributed by atoms with van der Waals surface area (Å²) < 4.78 is 77.4. The van der Waals surface area contributed by atoms with Crippen LogP contribution in [-0.4, -0.2) is 73.0 Å². The van der Waals surface area contributed by atoms with Crippen LogP contribution in [0.25, 0.3) is 32.1 Å². The molecule has 0 spiro atoms. The lowest BCUT2D eigenvalue weighted by atomic mass is 9.95. The average molecular weight is 706 g/mol. The molecule has 3 aliphatic heterocycles. The highest BCUT2D eigenvalue weighted by molar-refractivity contribution is 7.89. The van der Waals surface area contributed by atoms with Crippen molar-refractivity contribution in [3.05, 3.63) is 40.4 Å². The number of nitrogen functional groups attached to an aromatic ring is 1. The van der Waals surface area contributed by atoms with Crippen LogP contribution in [0.3, 0.4) is 0 Å². The molecule has 0 radical (unpaired) electrons. The molecule has 4 aromatic rings. The highest BCUT2D eigenvalue weighted by Gasteiger charge is 2.49.